The minimum Gasteiger partial charge on any atom is -0.341 e. The Bertz CT molecular complexity index is 831. The van der Waals surface area contributed by atoms with Gasteiger partial charge in [0.1, 0.15) is 5.82 Å². The first-order chi connectivity index (χ1) is 12.5. The maximum atomic E-state index is 13.7. The molecule has 134 valence electrons. The second-order valence-corrected chi connectivity index (χ2v) is 6.25. The van der Waals surface area contributed by atoms with Gasteiger partial charge in [-0.15, -0.1) is 0 Å². The number of carbonyl (C=O) groups is 3. The Kier molecular flexibility index (Phi) is 5.11. The van der Waals surface area contributed by atoms with Gasteiger partial charge in [0.05, 0.1) is 11.1 Å². The molecule has 0 fully saturated rings. The van der Waals surface area contributed by atoms with Crippen molar-refractivity contribution in [1.82, 2.24) is 9.80 Å². The Morgan fingerprint density at radius 2 is 1.58 bits per heavy atom. The number of rotatable bonds is 6. The van der Waals surface area contributed by atoms with Crippen molar-refractivity contribution < 1.29 is 18.8 Å². The summed E-state index contributed by atoms with van der Waals surface area (Å²) in [6.45, 7) is 0.365. The molecule has 6 heteroatoms. The molecule has 0 N–H and O–H groups in total. The van der Waals surface area contributed by atoms with Crippen molar-refractivity contribution in [3.63, 3.8) is 0 Å². The van der Waals surface area contributed by atoms with E-state index < -0.39 is 0 Å². The first-order valence-electron chi connectivity index (χ1n) is 8.41. The lowest BCUT2D eigenvalue weighted by Gasteiger charge is -2.19. The zero-order valence-corrected chi connectivity index (χ0v) is 14.4. The summed E-state index contributed by atoms with van der Waals surface area (Å²) in [7, 11) is 1.61. The van der Waals surface area contributed by atoms with Gasteiger partial charge in [0.25, 0.3) is 11.8 Å². The summed E-state index contributed by atoms with van der Waals surface area (Å²) in [6, 6.07) is 13.0. The fraction of sp³-hybridized carbons (Fsp3) is 0.250. The standard InChI is InChI=1S/C20H19FN2O3/c1-22(13-14-7-2-5-10-17(14)21)18(24)11-6-12-23-19(25)15-8-3-4-9-16(15)20(23)26/h2-5,7-10H,6,11-13H2,1H3. The summed E-state index contributed by atoms with van der Waals surface area (Å²) in [4.78, 5) is 39.4. The van der Waals surface area contributed by atoms with E-state index in [0.29, 0.717) is 23.1 Å². The molecule has 1 heterocycles. The van der Waals surface area contributed by atoms with Gasteiger partial charge in [-0.05, 0) is 24.6 Å². The molecule has 0 saturated carbocycles. The smallest absolute Gasteiger partial charge is 0.261 e. The van der Waals surface area contributed by atoms with Gasteiger partial charge >= 0.3 is 0 Å². The number of benzene rings is 2. The van der Waals surface area contributed by atoms with Gasteiger partial charge < -0.3 is 4.90 Å². The predicted molar refractivity (Wildman–Crippen MR) is 93.9 cm³/mol. The molecule has 5 nitrogen and oxygen atoms in total. The highest BCUT2D eigenvalue weighted by Crippen LogP contribution is 2.22. The fourth-order valence-corrected chi connectivity index (χ4v) is 2.99. The first kappa shape index (κ1) is 17.8. The zero-order chi connectivity index (χ0) is 18.7. The minimum absolute atomic E-state index is 0.162. The van der Waals surface area contributed by atoms with Crippen molar-refractivity contribution in [1.29, 1.82) is 0 Å². The number of carbonyl (C=O) groups excluding carboxylic acids is 3. The molecular formula is C20H19FN2O3. The van der Waals surface area contributed by atoms with Gasteiger partial charge in [0.15, 0.2) is 0 Å². The van der Waals surface area contributed by atoms with E-state index in [9.17, 15) is 18.8 Å². The van der Waals surface area contributed by atoms with Crippen LogP contribution >= 0.6 is 0 Å². The normalized spacial score (nSPS) is 13.1. The molecule has 3 amide bonds. The molecule has 1 aliphatic heterocycles. The molecule has 0 radical (unpaired) electrons. The first-order valence-corrected chi connectivity index (χ1v) is 8.41. The highest BCUT2D eigenvalue weighted by molar-refractivity contribution is 6.21. The number of nitrogens with zero attached hydrogens (tertiary/aromatic N) is 2. The van der Waals surface area contributed by atoms with E-state index in [0.717, 1.165) is 0 Å². The van der Waals surface area contributed by atoms with Gasteiger partial charge in [-0.2, -0.15) is 0 Å². The quantitative estimate of drug-likeness (QED) is 0.750. The Morgan fingerprint density at radius 1 is 1.00 bits per heavy atom. The van der Waals surface area contributed by atoms with Crippen molar-refractivity contribution in [2.45, 2.75) is 19.4 Å². The molecule has 0 atom stereocenters. The number of halogens is 1. The third-order valence-electron chi connectivity index (χ3n) is 4.44. The van der Waals surface area contributed by atoms with E-state index in [4.69, 9.17) is 0 Å². The molecule has 0 aromatic heterocycles. The molecular weight excluding hydrogens is 335 g/mol. The molecule has 0 aliphatic carbocycles. The lowest BCUT2D eigenvalue weighted by molar-refractivity contribution is -0.130. The number of hydrogen-bond acceptors (Lipinski definition) is 3. The van der Waals surface area contributed by atoms with Crippen LogP contribution < -0.4 is 0 Å². The van der Waals surface area contributed by atoms with Crippen LogP contribution in [0.3, 0.4) is 0 Å². The third-order valence-corrected chi connectivity index (χ3v) is 4.44. The Hall–Kier alpha value is -3.02. The molecule has 26 heavy (non-hydrogen) atoms. The molecule has 0 bridgehead atoms. The van der Waals surface area contributed by atoms with Crippen LogP contribution in [0, 0.1) is 5.82 Å². The molecule has 2 aromatic carbocycles. The SMILES string of the molecule is CN(Cc1ccccc1F)C(=O)CCCN1C(=O)c2ccccc2C1=O. The molecule has 0 saturated heterocycles. The number of imide groups is 1. The van der Waals surface area contributed by atoms with E-state index in [2.05, 4.69) is 0 Å². The van der Waals surface area contributed by atoms with Crippen LogP contribution in [0.5, 0.6) is 0 Å². The van der Waals surface area contributed by atoms with Gasteiger partial charge in [-0.1, -0.05) is 30.3 Å². The summed E-state index contributed by atoms with van der Waals surface area (Å²) >= 11 is 0. The second-order valence-electron chi connectivity index (χ2n) is 6.25. The highest BCUT2D eigenvalue weighted by Gasteiger charge is 2.34. The molecule has 0 unspecified atom stereocenters. The average Bonchev–Trinajstić information content (AvgIpc) is 2.88. The largest absolute Gasteiger partial charge is 0.341 e. The second kappa shape index (κ2) is 7.47. The molecule has 2 aromatic rings. The maximum absolute atomic E-state index is 13.7. The van der Waals surface area contributed by atoms with Crippen molar-refractivity contribution in [3.05, 3.63) is 71.0 Å². The van der Waals surface area contributed by atoms with E-state index in [1.54, 1.807) is 49.5 Å². The third kappa shape index (κ3) is 3.49. The van der Waals surface area contributed by atoms with Crippen LogP contribution in [-0.2, 0) is 11.3 Å². The molecule has 3 rings (SSSR count). The van der Waals surface area contributed by atoms with Crippen LogP contribution in [0.2, 0.25) is 0 Å². The molecule has 1 aliphatic rings. The lowest BCUT2D eigenvalue weighted by atomic mass is 10.1. The number of amides is 3. The van der Waals surface area contributed by atoms with Crippen LogP contribution in [0.25, 0.3) is 0 Å². The van der Waals surface area contributed by atoms with Crippen molar-refractivity contribution >= 4 is 17.7 Å². The summed E-state index contributed by atoms with van der Waals surface area (Å²) in [5.41, 5.74) is 1.25. The van der Waals surface area contributed by atoms with Crippen molar-refractivity contribution in [2.24, 2.45) is 0 Å². The predicted octanol–water partition coefficient (Wildman–Crippen LogP) is 2.86. The number of fused-ring (bicyclic) bond motifs is 1. The Morgan fingerprint density at radius 3 is 2.19 bits per heavy atom. The monoisotopic (exact) mass is 354 g/mol. The average molecular weight is 354 g/mol. The summed E-state index contributed by atoms with van der Waals surface area (Å²) < 4.78 is 13.7. The highest BCUT2D eigenvalue weighted by atomic mass is 19.1. The van der Waals surface area contributed by atoms with Crippen LogP contribution in [0.15, 0.2) is 48.5 Å². The topological polar surface area (TPSA) is 57.7 Å². The van der Waals surface area contributed by atoms with Crippen LogP contribution in [0.4, 0.5) is 4.39 Å². The van der Waals surface area contributed by atoms with E-state index in [1.165, 1.54) is 15.9 Å². The van der Waals surface area contributed by atoms with E-state index in [1.807, 2.05) is 0 Å². The van der Waals surface area contributed by atoms with Gasteiger partial charge in [0.2, 0.25) is 5.91 Å². The van der Waals surface area contributed by atoms with Crippen LogP contribution in [0.1, 0.15) is 39.1 Å². The van der Waals surface area contributed by atoms with Crippen molar-refractivity contribution in [3.8, 4) is 0 Å². The summed E-state index contributed by atoms with van der Waals surface area (Å²) in [5.74, 6) is -1.15. The lowest BCUT2D eigenvalue weighted by Crippen LogP contribution is -2.32. The maximum Gasteiger partial charge on any atom is 0.261 e. The zero-order valence-electron chi connectivity index (χ0n) is 14.4. The summed E-state index contributed by atoms with van der Waals surface area (Å²) in [5, 5.41) is 0. The van der Waals surface area contributed by atoms with Crippen LogP contribution in [-0.4, -0.2) is 41.1 Å². The minimum atomic E-state index is -0.349. The molecule has 0 spiro atoms. The van der Waals surface area contributed by atoms with Gasteiger partial charge in [-0.3, -0.25) is 19.3 Å². The van der Waals surface area contributed by atoms with Crippen molar-refractivity contribution in [2.75, 3.05) is 13.6 Å². The number of hydrogen-bond donors (Lipinski definition) is 0. The van der Waals surface area contributed by atoms with E-state index >= 15 is 0 Å². The van der Waals surface area contributed by atoms with Gasteiger partial charge in [-0.25, -0.2) is 4.39 Å². The summed E-state index contributed by atoms with van der Waals surface area (Å²) in [6.07, 6.45) is 0.546. The Labute approximate surface area is 151 Å². The fourth-order valence-electron chi connectivity index (χ4n) is 2.99. The Balaban J connectivity index is 1.52. The van der Waals surface area contributed by atoms with E-state index in [-0.39, 0.29) is 43.0 Å². The van der Waals surface area contributed by atoms with Gasteiger partial charge in [0, 0.05) is 32.1 Å².